The summed E-state index contributed by atoms with van der Waals surface area (Å²) < 4.78 is 0. The Labute approximate surface area is 124 Å². The van der Waals surface area contributed by atoms with Crippen molar-refractivity contribution in [2.24, 2.45) is 0 Å². The zero-order valence-corrected chi connectivity index (χ0v) is 12.0. The quantitative estimate of drug-likeness (QED) is 0.628. The Hall–Kier alpha value is -2.48. The molecule has 0 fully saturated rings. The van der Waals surface area contributed by atoms with E-state index in [1.807, 2.05) is 0 Å². The summed E-state index contributed by atoms with van der Waals surface area (Å²) in [5.41, 5.74) is 1.32. The van der Waals surface area contributed by atoms with Gasteiger partial charge in [-0.05, 0) is 18.6 Å². The number of aryl methyl sites for hydroxylation is 1. The summed E-state index contributed by atoms with van der Waals surface area (Å²) in [4.78, 5) is 25.2. The number of nitro groups is 1. The van der Waals surface area contributed by atoms with E-state index < -0.39 is 10.9 Å². The minimum absolute atomic E-state index is 0.0244. The van der Waals surface area contributed by atoms with E-state index >= 15 is 0 Å². The normalized spacial score (nSPS) is 10.3. The van der Waals surface area contributed by atoms with Crippen molar-refractivity contribution in [1.82, 2.24) is 4.98 Å². The van der Waals surface area contributed by atoms with Crippen LogP contribution in [0.1, 0.15) is 21.1 Å². The molecule has 1 aromatic heterocycles. The summed E-state index contributed by atoms with van der Waals surface area (Å²) in [7, 11) is 0. The lowest BCUT2D eigenvalue weighted by molar-refractivity contribution is -0.384. The van der Waals surface area contributed by atoms with Gasteiger partial charge in [-0.2, -0.15) is 0 Å². The zero-order valence-electron chi connectivity index (χ0n) is 11.2. The Morgan fingerprint density at radius 3 is 2.90 bits per heavy atom. The molecule has 21 heavy (non-hydrogen) atoms. The molecule has 110 valence electrons. The highest BCUT2D eigenvalue weighted by atomic mass is 32.1. The van der Waals surface area contributed by atoms with Gasteiger partial charge in [0.2, 0.25) is 0 Å². The van der Waals surface area contributed by atoms with E-state index in [0.717, 1.165) is 5.56 Å². The lowest BCUT2D eigenvalue weighted by atomic mass is 10.2. The second-order valence-electron chi connectivity index (χ2n) is 4.39. The molecule has 7 nitrogen and oxygen atoms in total. The maximum atomic E-state index is 11.0. The number of hydrogen-bond acceptors (Lipinski definition) is 6. The molecule has 2 aromatic rings. The summed E-state index contributed by atoms with van der Waals surface area (Å²) >= 11 is 1.26. The molecule has 8 heteroatoms. The van der Waals surface area contributed by atoms with Crippen LogP contribution in [0.15, 0.2) is 23.6 Å². The highest BCUT2D eigenvalue weighted by Crippen LogP contribution is 2.25. The fraction of sp³-hybridized carbons (Fsp3) is 0.231. The van der Waals surface area contributed by atoms with Gasteiger partial charge in [0.25, 0.3) is 5.69 Å². The third-order valence-corrected chi connectivity index (χ3v) is 3.68. The first-order valence-corrected chi connectivity index (χ1v) is 7.02. The fourth-order valence-corrected chi connectivity index (χ4v) is 2.54. The number of rotatable bonds is 6. The van der Waals surface area contributed by atoms with Gasteiger partial charge in [-0.3, -0.25) is 10.1 Å². The number of hydrogen-bond donors (Lipinski definition) is 2. The average Bonchev–Trinajstić information content (AvgIpc) is 2.89. The van der Waals surface area contributed by atoms with E-state index in [-0.39, 0.29) is 11.4 Å². The van der Waals surface area contributed by atoms with Crippen LogP contribution >= 0.6 is 11.3 Å². The largest absolute Gasteiger partial charge is 0.476 e. The third kappa shape index (κ3) is 3.76. The van der Waals surface area contributed by atoms with E-state index in [2.05, 4.69) is 10.3 Å². The Kier molecular flexibility index (Phi) is 4.49. The second-order valence-corrected chi connectivity index (χ2v) is 5.33. The lowest BCUT2D eigenvalue weighted by Gasteiger charge is -2.06. The standard InChI is InChI=1S/C13H13N3O4S/c1-8-2-3-9(11(6-8)16(19)20)14-5-4-12-15-10(7-21-12)13(17)18/h2-3,6-7,14H,4-5H2,1H3,(H,17,18). The molecule has 0 radical (unpaired) electrons. The van der Waals surface area contributed by atoms with E-state index in [0.29, 0.717) is 23.7 Å². The minimum Gasteiger partial charge on any atom is -0.476 e. The van der Waals surface area contributed by atoms with Crippen LogP contribution in [-0.4, -0.2) is 27.5 Å². The second kappa shape index (κ2) is 6.31. The van der Waals surface area contributed by atoms with Gasteiger partial charge in [-0.15, -0.1) is 11.3 Å². The van der Waals surface area contributed by atoms with Crippen LogP contribution < -0.4 is 5.32 Å². The van der Waals surface area contributed by atoms with E-state index in [4.69, 9.17) is 5.11 Å². The highest BCUT2D eigenvalue weighted by molar-refractivity contribution is 7.09. The molecule has 0 bridgehead atoms. The van der Waals surface area contributed by atoms with Crippen molar-refractivity contribution < 1.29 is 14.8 Å². The van der Waals surface area contributed by atoms with Crippen LogP contribution in [0.5, 0.6) is 0 Å². The molecule has 0 aliphatic rings. The number of aromatic carboxylic acids is 1. The summed E-state index contributed by atoms with van der Waals surface area (Å²) in [6.07, 6.45) is 0.503. The number of thiazole rings is 1. The molecular weight excluding hydrogens is 294 g/mol. The number of carboxylic acids is 1. The van der Waals surface area contributed by atoms with Crippen LogP contribution in [0.4, 0.5) is 11.4 Å². The number of nitrogens with zero attached hydrogens (tertiary/aromatic N) is 2. The number of nitrogens with one attached hydrogen (secondary N) is 1. The Morgan fingerprint density at radius 2 is 2.29 bits per heavy atom. The highest BCUT2D eigenvalue weighted by Gasteiger charge is 2.13. The zero-order chi connectivity index (χ0) is 15.4. The lowest BCUT2D eigenvalue weighted by Crippen LogP contribution is -2.07. The summed E-state index contributed by atoms with van der Waals surface area (Å²) in [5.74, 6) is -1.06. The van der Waals surface area contributed by atoms with Crippen LogP contribution in [-0.2, 0) is 6.42 Å². The van der Waals surface area contributed by atoms with Crippen molar-refractivity contribution in [2.75, 3.05) is 11.9 Å². The summed E-state index contributed by atoms with van der Waals surface area (Å²) in [6.45, 7) is 2.23. The number of benzene rings is 1. The molecule has 0 aliphatic carbocycles. The smallest absolute Gasteiger partial charge is 0.355 e. The van der Waals surface area contributed by atoms with Gasteiger partial charge in [-0.1, -0.05) is 6.07 Å². The van der Waals surface area contributed by atoms with Crippen LogP contribution in [0.25, 0.3) is 0 Å². The van der Waals surface area contributed by atoms with Gasteiger partial charge in [0, 0.05) is 24.4 Å². The summed E-state index contributed by atoms with van der Waals surface area (Å²) in [5, 5.41) is 24.9. The monoisotopic (exact) mass is 307 g/mol. The van der Waals surface area contributed by atoms with Gasteiger partial charge in [0.1, 0.15) is 5.69 Å². The first-order chi connectivity index (χ1) is 9.97. The molecule has 0 saturated carbocycles. The Morgan fingerprint density at radius 1 is 1.52 bits per heavy atom. The van der Waals surface area contributed by atoms with Gasteiger partial charge in [0.15, 0.2) is 5.69 Å². The molecule has 2 rings (SSSR count). The molecule has 1 aromatic carbocycles. The number of nitro benzene ring substituents is 1. The molecular formula is C13H13N3O4S. The van der Waals surface area contributed by atoms with E-state index in [1.165, 1.54) is 22.8 Å². The van der Waals surface area contributed by atoms with Gasteiger partial charge in [0.05, 0.1) is 9.93 Å². The van der Waals surface area contributed by atoms with Crippen LogP contribution in [0.3, 0.4) is 0 Å². The number of carboxylic acid groups (broad SMARTS) is 1. The number of anilines is 1. The average molecular weight is 307 g/mol. The first kappa shape index (κ1) is 14.9. The van der Waals surface area contributed by atoms with Crippen molar-refractivity contribution in [3.63, 3.8) is 0 Å². The predicted molar refractivity (Wildman–Crippen MR) is 79.1 cm³/mol. The van der Waals surface area contributed by atoms with Crippen molar-refractivity contribution in [3.05, 3.63) is 50.0 Å². The molecule has 0 amide bonds. The molecule has 2 N–H and O–H groups in total. The predicted octanol–water partition coefficient (Wildman–Crippen LogP) is 2.71. The topological polar surface area (TPSA) is 105 Å². The maximum Gasteiger partial charge on any atom is 0.355 e. The van der Waals surface area contributed by atoms with Crippen LogP contribution in [0, 0.1) is 17.0 Å². The van der Waals surface area contributed by atoms with Crippen molar-refractivity contribution in [2.45, 2.75) is 13.3 Å². The van der Waals surface area contributed by atoms with E-state index in [9.17, 15) is 14.9 Å². The molecule has 0 unspecified atom stereocenters. The van der Waals surface area contributed by atoms with E-state index in [1.54, 1.807) is 19.1 Å². The maximum absolute atomic E-state index is 11.0. The van der Waals surface area contributed by atoms with Crippen molar-refractivity contribution in [1.29, 1.82) is 0 Å². The molecule has 0 saturated heterocycles. The number of aromatic nitrogens is 1. The fourth-order valence-electron chi connectivity index (χ4n) is 1.77. The molecule has 1 heterocycles. The van der Waals surface area contributed by atoms with Crippen molar-refractivity contribution >= 4 is 28.7 Å². The molecule has 0 spiro atoms. The Bertz CT molecular complexity index is 684. The summed E-state index contributed by atoms with van der Waals surface area (Å²) in [6, 6.07) is 4.97. The third-order valence-electron chi connectivity index (χ3n) is 2.78. The Balaban J connectivity index is 2.00. The van der Waals surface area contributed by atoms with Gasteiger partial charge >= 0.3 is 5.97 Å². The van der Waals surface area contributed by atoms with Crippen molar-refractivity contribution in [3.8, 4) is 0 Å². The SMILES string of the molecule is Cc1ccc(NCCc2nc(C(=O)O)cs2)c([N+](=O)[O-])c1. The first-order valence-electron chi connectivity index (χ1n) is 6.14. The van der Waals surface area contributed by atoms with Gasteiger partial charge in [-0.25, -0.2) is 9.78 Å². The van der Waals surface area contributed by atoms with Crippen LogP contribution in [0.2, 0.25) is 0 Å². The molecule has 0 atom stereocenters. The number of carbonyl (C=O) groups is 1. The van der Waals surface area contributed by atoms with Gasteiger partial charge < -0.3 is 10.4 Å². The minimum atomic E-state index is -1.06. The molecule has 0 aliphatic heterocycles.